The third kappa shape index (κ3) is 1.69. The Labute approximate surface area is 100 Å². The van der Waals surface area contributed by atoms with Crippen LogP contribution in [0.15, 0.2) is 18.2 Å². The average molecular weight is 232 g/mol. The maximum absolute atomic E-state index is 12.2. The Kier molecular flexibility index (Phi) is 2.33. The molecule has 0 atom stereocenters. The molecule has 0 aliphatic carbocycles. The van der Waals surface area contributed by atoms with Crippen LogP contribution in [-0.2, 0) is 4.79 Å². The SMILES string of the molecule is Cc1ccc2c(c1)NC(=O)C1(CCNCC1)O2. The molecule has 4 heteroatoms. The van der Waals surface area contributed by atoms with Gasteiger partial charge in [0.1, 0.15) is 5.75 Å². The maximum Gasteiger partial charge on any atom is 0.268 e. The van der Waals surface area contributed by atoms with Crippen molar-refractivity contribution < 1.29 is 9.53 Å². The molecule has 2 heterocycles. The molecule has 1 saturated heterocycles. The fraction of sp³-hybridized carbons (Fsp3) is 0.462. The highest BCUT2D eigenvalue weighted by atomic mass is 16.5. The van der Waals surface area contributed by atoms with Gasteiger partial charge in [0.15, 0.2) is 5.60 Å². The van der Waals surface area contributed by atoms with Gasteiger partial charge < -0.3 is 15.4 Å². The lowest BCUT2D eigenvalue weighted by molar-refractivity contribution is -0.134. The van der Waals surface area contributed by atoms with Crippen LogP contribution in [0.25, 0.3) is 0 Å². The van der Waals surface area contributed by atoms with Crippen LogP contribution < -0.4 is 15.4 Å². The van der Waals surface area contributed by atoms with Gasteiger partial charge in [0.25, 0.3) is 5.91 Å². The highest BCUT2D eigenvalue weighted by Crippen LogP contribution is 2.37. The van der Waals surface area contributed by atoms with Crippen molar-refractivity contribution in [3.05, 3.63) is 23.8 Å². The van der Waals surface area contributed by atoms with Crippen molar-refractivity contribution in [3.63, 3.8) is 0 Å². The largest absolute Gasteiger partial charge is 0.475 e. The van der Waals surface area contributed by atoms with Gasteiger partial charge in [-0.1, -0.05) is 6.07 Å². The van der Waals surface area contributed by atoms with Gasteiger partial charge in [-0.2, -0.15) is 0 Å². The Balaban J connectivity index is 1.97. The van der Waals surface area contributed by atoms with Gasteiger partial charge in [0, 0.05) is 12.8 Å². The standard InChI is InChI=1S/C13H16N2O2/c1-9-2-3-11-10(8-9)15-12(16)13(17-11)4-6-14-7-5-13/h2-3,8,14H,4-7H2,1H3,(H,15,16). The highest BCUT2D eigenvalue weighted by molar-refractivity contribution is 6.00. The van der Waals surface area contributed by atoms with Crippen LogP contribution >= 0.6 is 0 Å². The molecule has 0 aromatic heterocycles. The van der Waals surface area contributed by atoms with E-state index in [1.165, 1.54) is 0 Å². The van der Waals surface area contributed by atoms with Gasteiger partial charge in [-0.05, 0) is 37.7 Å². The maximum atomic E-state index is 12.2. The molecule has 3 rings (SSSR count). The monoisotopic (exact) mass is 232 g/mol. The second-order valence-electron chi connectivity index (χ2n) is 4.80. The summed E-state index contributed by atoms with van der Waals surface area (Å²) in [6.45, 7) is 3.66. The molecule has 0 unspecified atom stereocenters. The summed E-state index contributed by atoms with van der Waals surface area (Å²) < 4.78 is 5.98. The number of anilines is 1. The van der Waals surface area contributed by atoms with E-state index in [1.807, 2.05) is 25.1 Å². The first kappa shape index (κ1) is 10.6. The van der Waals surface area contributed by atoms with E-state index >= 15 is 0 Å². The molecule has 0 saturated carbocycles. The number of hydrogen-bond acceptors (Lipinski definition) is 3. The molecule has 4 nitrogen and oxygen atoms in total. The lowest BCUT2D eigenvalue weighted by Gasteiger charge is -2.40. The predicted molar refractivity (Wildman–Crippen MR) is 65.3 cm³/mol. The van der Waals surface area contributed by atoms with Crippen LogP contribution in [0.1, 0.15) is 18.4 Å². The van der Waals surface area contributed by atoms with Crippen molar-refractivity contribution in [1.29, 1.82) is 0 Å². The molecule has 90 valence electrons. The fourth-order valence-corrected chi connectivity index (χ4v) is 2.48. The van der Waals surface area contributed by atoms with Crippen molar-refractivity contribution in [1.82, 2.24) is 5.32 Å². The van der Waals surface area contributed by atoms with Crippen molar-refractivity contribution in [2.24, 2.45) is 0 Å². The number of ether oxygens (including phenoxy) is 1. The van der Waals surface area contributed by atoms with Gasteiger partial charge in [-0.3, -0.25) is 4.79 Å². The third-order valence-corrected chi connectivity index (χ3v) is 3.51. The minimum Gasteiger partial charge on any atom is -0.475 e. The molecule has 1 amide bonds. The quantitative estimate of drug-likeness (QED) is 0.711. The lowest BCUT2D eigenvalue weighted by atomic mass is 9.89. The number of amides is 1. The van der Waals surface area contributed by atoms with E-state index in [4.69, 9.17) is 4.74 Å². The van der Waals surface area contributed by atoms with Gasteiger partial charge in [-0.15, -0.1) is 0 Å². The Hall–Kier alpha value is -1.55. The summed E-state index contributed by atoms with van der Waals surface area (Å²) in [5.41, 5.74) is 1.25. The minimum absolute atomic E-state index is 0.00269. The van der Waals surface area contributed by atoms with Crippen molar-refractivity contribution in [2.45, 2.75) is 25.4 Å². The number of carbonyl (C=O) groups excluding carboxylic acids is 1. The summed E-state index contributed by atoms with van der Waals surface area (Å²) >= 11 is 0. The van der Waals surface area contributed by atoms with E-state index in [0.29, 0.717) is 0 Å². The Morgan fingerprint density at radius 1 is 1.29 bits per heavy atom. The average Bonchev–Trinajstić information content (AvgIpc) is 2.33. The number of benzene rings is 1. The Morgan fingerprint density at radius 2 is 2.06 bits per heavy atom. The Morgan fingerprint density at radius 3 is 2.82 bits per heavy atom. The number of piperidine rings is 1. The van der Waals surface area contributed by atoms with Gasteiger partial charge in [-0.25, -0.2) is 0 Å². The van der Waals surface area contributed by atoms with E-state index in [2.05, 4.69) is 10.6 Å². The van der Waals surface area contributed by atoms with Crippen molar-refractivity contribution in [3.8, 4) is 5.75 Å². The molecule has 0 bridgehead atoms. The molecule has 2 aliphatic rings. The van der Waals surface area contributed by atoms with E-state index in [9.17, 15) is 4.79 Å². The topological polar surface area (TPSA) is 50.4 Å². The molecular formula is C13H16N2O2. The molecular weight excluding hydrogens is 216 g/mol. The predicted octanol–water partition coefficient (Wildman–Crippen LogP) is 1.45. The number of nitrogens with one attached hydrogen (secondary N) is 2. The number of rotatable bonds is 0. The highest BCUT2D eigenvalue weighted by Gasteiger charge is 2.45. The number of hydrogen-bond donors (Lipinski definition) is 2. The first-order valence-corrected chi connectivity index (χ1v) is 6.01. The number of aryl methyl sites for hydroxylation is 1. The molecule has 17 heavy (non-hydrogen) atoms. The summed E-state index contributed by atoms with van der Waals surface area (Å²) in [7, 11) is 0. The van der Waals surface area contributed by atoms with Crippen LogP contribution in [0.5, 0.6) is 5.75 Å². The normalized spacial score (nSPS) is 21.6. The first-order valence-electron chi connectivity index (χ1n) is 6.01. The molecule has 1 aromatic rings. The Bertz CT molecular complexity index is 464. The van der Waals surface area contributed by atoms with Gasteiger partial charge in [0.2, 0.25) is 0 Å². The van der Waals surface area contributed by atoms with Crippen LogP contribution in [-0.4, -0.2) is 24.6 Å². The molecule has 1 aromatic carbocycles. The zero-order valence-corrected chi connectivity index (χ0v) is 9.88. The molecule has 2 aliphatic heterocycles. The number of carbonyl (C=O) groups is 1. The molecule has 1 spiro atoms. The molecule has 2 N–H and O–H groups in total. The van der Waals surface area contributed by atoms with Crippen molar-refractivity contribution >= 4 is 11.6 Å². The fourth-order valence-electron chi connectivity index (χ4n) is 2.48. The lowest BCUT2D eigenvalue weighted by Crippen LogP contribution is -2.56. The van der Waals surface area contributed by atoms with Crippen LogP contribution in [0, 0.1) is 6.92 Å². The first-order chi connectivity index (χ1) is 8.20. The number of fused-ring (bicyclic) bond motifs is 1. The summed E-state index contributed by atoms with van der Waals surface area (Å²) in [5, 5.41) is 6.22. The van der Waals surface area contributed by atoms with E-state index in [-0.39, 0.29) is 5.91 Å². The minimum atomic E-state index is -0.659. The zero-order chi connectivity index (χ0) is 11.9. The smallest absolute Gasteiger partial charge is 0.268 e. The van der Waals surface area contributed by atoms with Gasteiger partial charge in [0.05, 0.1) is 5.69 Å². The summed E-state index contributed by atoms with van der Waals surface area (Å²) in [4.78, 5) is 12.2. The molecule has 0 radical (unpaired) electrons. The van der Waals surface area contributed by atoms with Crippen molar-refractivity contribution in [2.75, 3.05) is 18.4 Å². The van der Waals surface area contributed by atoms with Crippen LogP contribution in [0.3, 0.4) is 0 Å². The zero-order valence-electron chi connectivity index (χ0n) is 9.88. The summed E-state index contributed by atoms with van der Waals surface area (Å²) in [6.07, 6.45) is 1.46. The molecule has 1 fully saturated rings. The van der Waals surface area contributed by atoms with Crippen LogP contribution in [0.4, 0.5) is 5.69 Å². The van der Waals surface area contributed by atoms with Gasteiger partial charge >= 0.3 is 0 Å². The second-order valence-corrected chi connectivity index (χ2v) is 4.80. The summed E-state index contributed by atoms with van der Waals surface area (Å²) in [5.74, 6) is 0.786. The van der Waals surface area contributed by atoms with E-state index in [1.54, 1.807) is 0 Å². The van der Waals surface area contributed by atoms with E-state index < -0.39 is 5.60 Å². The second kappa shape index (κ2) is 3.74. The van der Waals surface area contributed by atoms with E-state index in [0.717, 1.165) is 42.9 Å². The van der Waals surface area contributed by atoms with Crippen LogP contribution in [0.2, 0.25) is 0 Å². The third-order valence-electron chi connectivity index (χ3n) is 3.51. The summed E-state index contributed by atoms with van der Waals surface area (Å²) in [6, 6.07) is 5.89.